The fourth-order valence-electron chi connectivity index (χ4n) is 3.09. The molecule has 1 aromatic heterocycles. The zero-order valence-corrected chi connectivity index (χ0v) is 13.2. The number of aliphatic imine (C=N–C) groups is 1. The number of amidine groups is 1. The number of carbonyl (C=O) groups excluding carboxylic acids is 1. The van der Waals surface area contributed by atoms with Crippen molar-refractivity contribution in [3.05, 3.63) is 27.7 Å². The van der Waals surface area contributed by atoms with Gasteiger partial charge in [-0.3, -0.25) is 9.79 Å². The zero-order chi connectivity index (χ0) is 14.2. The number of thiazole rings is 1. The molecule has 110 valence electrons. The molecule has 1 amide bonds. The first kappa shape index (κ1) is 13.3. The van der Waals surface area contributed by atoms with Crippen LogP contribution in [0.3, 0.4) is 0 Å². The van der Waals surface area contributed by atoms with Gasteiger partial charge in [-0.1, -0.05) is 11.8 Å². The van der Waals surface area contributed by atoms with E-state index in [1.54, 1.807) is 23.1 Å². The fourth-order valence-corrected chi connectivity index (χ4v) is 4.83. The van der Waals surface area contributed by atoms with Crippen LogP contribution in [0.2, 0.25) is 0 Å². The van der Waals surface area contributed by atoms with Gasteiger partial charge < -0.3 is 9.80 Å². The van der Waals surface area contributed by atoms with E-state index in [1.165, 1.54) is 0 Å². The maximum atomic E-state index is 12.7. The molecule has 4 rings (SSSR count). The summed E-state index contributed by atoms with van der Waals surface area (Å²) in [7, 11) is 0. The maximum Gasteiger partial charge on any atom is 0.229 e. The minimum absolute atomic E-state index is 0.180. The third-order valence-electron chi connectivity index (χ3n) is 4.09. The van der Waals surface area contributed by atoms with E-state index in [0.717, 1.165) is 48.3 Å². The maximum absolute atomic E-state index is 12.7. The number of aromatic nitrogens is 1. The Balaban J connectivity index is 1.46. The van der Waals surface area contributed by atoms with Crippen molar-refractivity contribution in [3.63, 3.8) is 0 Å². The molecule has 1 fully saturated rings. The van der Waals surface area contributed by atoms with E-state index in [0.29, 0.717) is 6.42 Å². The summed E-state index contributed by atoms with van der Waals surface area (Å²) in [4.78, 5) is 25.7. The van der Waals surface area contributed by atoms with Gasteiger partial charge in [0.15, 0.2) is 5.17 Å². The summed E-state index contributed by atoms with van der Waals surface area (Å²) in [5, 5.41) is 6.18. The molecule has 4 heterocycles. The van der Waals surface area contributed by atoms with Crippen molar-refractivity contribution in [2.75, 3.05) is 19.6 Å². The van der Waals surface area contributed by atoms with Crippen LogP contribution < -0.4 is 0 Å². The molecule has 0 N–H and O–H groups in total. The Bertz CT molecular complexity index is 611. The molecule has 1 unspecified atom stereocenters. The normalized spacial score (nSPS) is 24.3. The summed E-state index contributed by atoms with van der Waals surface area (Å²) in [6.45, 7) is 2.61. The summed E-state index contributed by atoms with van der Waals surface area (Å²) in [6.07, 6.45) is 4.40. The molecule has 0 aromatic carbocycles. The van der Waals surface area contributed by atoms with E-state index in [1.807, 2.05) is 16.5 Å². The molecule has 1 atom stereocenters. The molecule has 0 saturated carbocycles. The fraction of sp³-hybridized carbons (Fsp3) is 0.500. The largest absolute Gasteiger partial charge is 0.333 e. The van der Waals surface area contributed by atoms with Gasteiger partial charge in [-0.05, 0) is 18.2 Å². The minimum atomic E-state index is 0.180. The van der Waals surface area contributed by atoms with Gasteiger partial charge in [0.25, 0.3) is 0 Å². The quantitative estimate of drug-likeness (QED) is 0.858. The number of hydrogen-bond acceptors (Lipinski definition) is 6. The predicted molar refractivity (Wildman–Crippen MR) is 85.1 cm³/mol. The first-order chi connectivity index (χ1) is 10.3. The molecule has 0 spiro atoms. The van der Waals surface area contributed by atoms with Crippen molar-refractivity contribution in [3.8, 4) is 0 Å². The highest BCUT2D eigenvalue weighted by Gasteiger charge is 2.34. The second-order valence-corrected chi connectivity index (χ2v) is 7.10. The number of nitrogens with zero attached hydrogens (tertiary/aromatic N) is 4. The van der Waals surface area contributed by atoms with Crippen LogP contribution in [0.5, 0.6) is 0 Å². The molecule has 1 aromatic rings. The highest BCUT2D eigenvalue weighted by atomic mass is 32.2. The number of thioether (sulfide) groups is 1. The van der Waals surface area contributed by atoms with Gasteiger partial charge in [0.05, 0.1) is 19.0 Å². The molecule has 0 radical (unpaired) electrons. The van der Waals surface area contributed by atoms with Crippen LogP contribution in [0.25, 0.3) is 0 Å². The summed E-state index contributed by atoms with van der Waals surface area (Å²) < 4.78 is 0. The van der Waals surface area contributed by atoms with Crippen LogP contribution in [0.4, 0.5) is 0 Å². The Hall–Kier alpha value is -1.34. The van der Waals surface area contributed by atoms with Gasteiger partial charge in [-0.2, -0.15) is 0 Å². The van der Waals surface area contributed by atoms with Gasteiger partial charge in [-0.15, -0.1) is 11.3 Å². The predicted octanol–water partition coefficient (Wildman–Crippen LogP) is 2.46. The monoisotopic (exact) mass is 320 g/mol. The number of likely N-dealkylation sites (tertiary alicyclic amines) is 1. The van der Waals surface area contributed by atoms with Crippen LogP contribution in [-0.4, -0.2) is 45.5 Å². The minimum Gasteiger partial charge on any atom is -0.333 e. The highest BCUT2D eigenvalue weighted by Crippen LogP contribution is 2.36. The molecule has 0 bridgehead atoms. The lowest BCUT2D eigenvalue weighted by Crippen LogP contribution is -2.32. The molecule has 1 saturated heterocycles. The van der Waals surface area contributed by atoms with E-state index < -0.39 is 0 Å². The van der Waals surface area contributed by atoms with Crippen molar-refractivity contribution in [2.24, 2.45) is 4.99 Å². The lowest BCUT2D eigenvalue weighted by Gasteiger charge is -2.25. The Morgan fingerprint density at radius 3 is 3.24 bits per heavy atom. The van der Waals surface area contributed by atoms with Crippen molar-refractivity contribution in [2.45, 2.75) is 25.3 Å². The molecule has 3 aliphatic rings. The first-order valence-electron chi connectivity index (χ1n) is 7.19. The second-order valence-electron chi connectivity index (χ2n) is 5.34. The average Bonchev–Trinajstić information content (AvgIpc) is 3.25. The van der Waals surface area contributed by atoms with Crippen LogP contribution in [-0.2, 0) is 4.79 Å². The average molecular weight is 320 g/mol. The van der Waals surface area contributed by atoms with E-state index in [2.05, 4.69) is 20.3 Å². The molecule has 3 aliphatic heterocycles. The lowest BCUT2D eigenvalue weighted by atomic mass is 10.2. The van der Waals surface area contributed by atoms with Crippen LogP contribution >= 0.6 is 23.1 Å². The van der Waals surface area contributed by atoms with E-state index >= 15 is 0 Å². The van der Waals surface area contributed by atoms with E-state index in [4.69, 9.17) is 0 Å². The lowest BCUT2D eigenvalue weighted by molar-refractivity contribution is -0.131. The van der Waals surface area contributed by atoms with Gasteiger partial charge in [0, 0.05) is 30.4 Å². The Labute approximate surface area is 131 Å². The first-order valence-corrected chi connectivity index (χ1v) is 8.95. The van der Waals surface area contributed by atoms with E-state index in [-0.39, 0.29) is 11.9 Å². The van der Waals surface area contributed by atoms with Crippen LogP contribution in [0.1, 0.15) is 30.3 Å². The third kappa shape index (κ3) is 2.38. The summed E-state index contributed by atoms with van der Waals surface area (Å²) in [6, 6.07) is 0.180. The molecule has 21 heavy (non-hydrogen) atoms. The molecular formula is C14H16N4OS2. The Morgan fingerprint density at radius 2 is 2.38 bits per heavy atom. The SMILES string of the molecule is O=C(CC1=CSC2=NCCN12)N1CCCC1c1nccs1. The molecule has 7 heteroatoms. The number of carbonyl (C=O) groups is 1. The molecule has 0 aliphatic carbocycles. The van der Waals surface area contributed by atoms with Gasteiger partial charge >= 0.3 is 0 Å². The van der Waals surface area contributed by atoms with Gasteiger partial charge in [0.1, 0.15) is 5.01 Å². The summed E-state index contributed by atoms with van der Waals surface area (Å²) in [5.41, 5.74) is 1.10. The summed E-state index contributed by atoms with van der Waals surface area (Å²) in [5.74, 6) is 0.215. The van der Waals surface area contributed by atoms with Crippen molar-refractivity contribution in [1.29, 1.82) is 0 Å². The van der Waals surface area contributed by atoms with Crippen molar-refractivity contribution >= 4 is 34.2 Å². The number of hydrogen-bond donors (Lipinski definition) is 0. The molecule has 5 nitrogen and oxygen atoms in total. The standard InChI is InChI=1S/C14H16N4OS2/c19-12(8-10-9-21-14-16-3-6-17(10)14)18-5-1-2-11(18)13-15-4-7-20-13/h4,7,9,11H,1-3,5-6,8H2. The van der Waals surface area contributed by atoms with Crippen molar-refractivity contribution in [1.82, 2.24) is 14.8 Å². The van der Waals surface area contributed by atoms with Gasteiger partial charge in [0.2, 0.25) is 5.91 Å². The summed E-state index contributed by atoms with van der Waals surface area (Å²) >= 11 is 3.28. The third-order valence-corrected chi connectivity index (χ3v) is 5.92. The Morgan fingerprint density at radius 1 is 1.43 bits per heavy atom. The number of rotatable bonds is 3. The van der Waals surface area contributed by atoms with Crippen LogP contribution in [0, 0.1) is 0 Å². The number of amides is 1. The van der Waals surface area contributed by atoms with Gasteiger partial charge in [-0.25, -0.2) is 4.98 Å². The second kappa shape index (κ2) is 5.46. The molecular weight excluding hydrogens is 304 g/mol. The Kier molecular flexibility index (Phi) is 3.46. The topological polar surface area (TPSA) is 48.8 Å². The number of fused-ring (bicyclic) bond motifs is 1. The van der Waals surface area contributed by atoms with Crippen molar-refractivity contribution < 1.29 is 4.79 Å². The highest BCUT2D eigenvalue weighted by molar-refractivity contribution is 8.16. The van der Waals surface area contributed by atoms with E-state index in [9.17, 15) is 4.79 Å². The zero-order valence-electron chi connectivity index (χ0n) is 11.6. The smallest absolute Gasteiger partial charge is 0.229 e. The van der Waals surface area contributed by atoms with Crippen LogP contribution in [0.15, 0.2) is 27.7 Å².